The first-order chi connectivity index (χ1) is 12.4. The van der Waals surface area contributed by atoms with Crippen molar-refractivity contribution in [3.8, 4) is 5.75 Å². The molecule has 0 aromatic heterocycles. The second-order valence-electron chi connectivity index (χ2n) is 6.71. The summed E-state index contributed by atoms with van der Waals surface area (Å²) in [5.74, 6) is -0.436. The van der Waals surface area contributed by atoms with Gasteiger partial charge >= 0.3 is 0 Å². The van der Waals surface area contributed by atoms with Crippen LogP contribution < -0.4 is 4.74 Å². The van der Waals surface area contributed by atoms with Crippen molar-refractivity contribution in [2.24, 2.45) is 0 Å². The molecule has 0 saturated carbocycles. The zero-order valence-corrected chi connectivity index (χ0v) is 17.7. The quantitative estimate of drug-likeness (QED) is 0.600. The van der Waals surface area contributed by atoms with Crippen LogP contribution in [0.3, 0.4) is 0 Å². The summed E-state index contributed by atoms with van der Waals surface area (Å²) in [6.07, 6.45) is 0.339. The third-order valence-corrected chi connectivity index (χ3v) is 7.95. The molecule has 1 aromatic rings. The van der Waals surface area contributed by atoms with Gasteiger partial charge in [0.25, 0.3) is 5.91 Å². The van der Waals surface area contributed by atoms with Crippen LogP contribution in [0.4, 0.5) is 0 Å². The maximum atomic E-state index is 13.1. The molecule has 1 atom stereocenters. The average Bonchev–Trinajstić information content (AvgIpc) is 2.93. The zero-order chi connectivity index (χ0) is 20.6. The summed E-state index contributed by atoms with van der Waals surface area (Å²) in [5.41, 5.74) is 0.134. The number of carbonyl (C=O) groups is 1. The molecule has 9 nitrogen and oxygen atoms in total. The molecule has 11 heteroatoms. The van der Waals surface area contributed by atoms with E-state index < -0.39 is 31.8 Å². The van der Waals surface area contributed by atoms with E-state index in [0.717, 1.165) is 4.31 Å². The highest BCUT2D eigenvalue weighted by atomic mass is 32.2. The minimum atomic E-state index is -3.83. The van der Waals surface area contributed by atoms with Gasteiger partial charge in [-0.2, -0.15) is 0 Å². The van der Waals surface area contributed by atoms with Crippen LogP contribution >= 0.6 is 0 Å². The summed E-state index contributed by atoms with van der Waals surface area (Å²) in [5, 5.41) is 2.89. The molecule has 1 saturated heterocycles. The van der Waals surface area contributed by atoms with E-state index in [-0.39, 0.29) is 27.7 Å². The first kappa shape index (κ1) is 21.6. The Balaban J connectivity index is 2.48. The maximum Gasteiger partial charge on any atom is 0.268 e. The van der Waals surface area contributed by atoms with E-state index in [4.69, 9.17) is 4.74 Å². The molecule has 0 aliphatic carbocycles. The Bertz CT molecular complexity index is 925. The number of rotatable bonds is 6. The highest BCUT2D eigenvalue weighted by Gasteiger charge is 2.37. The molecular formula is C16H25N3O6S2. The Hall–Kier alpha value is -1.69. The van der Waals surface area contributed by atoms with Gasteiger partial charge in [0.05, 0.1) is 24.7 Å². The summed E-state index contributed by atoms with van der Waals surface area (Å²) < 4.78 is 54.9. The van der Waals surface area contributed by atoms with Gasteiger partial charge in [0, 0.05) is 33.8 Å². The van der Waals surface area contributed by atoms with Crippen LogP contribution in [0.25, 0.3) is 0 Å². The molecule has 1 aliphatic rings. The van der Waals surface area contributed by atoms with Crippen LogP contribution in [0, 0.1) is 0 Å². The predicted octanol–water partition coefficient (Wildman–Crippen LogP) is 0.0514. The fourth-order valence-corrected chi connectivity index (χ4v) is 5.75. The topological polar surface area (TPSA) is 104 Å². The van der Waals surface area contributed by atoms with E-state index in [1.165, 1.54) is 49.4 Å². The lowest BCUT2D eigenvalue weighted by molar-refractivity contribution is 0.000984. The van der Waals surface area contributed by atoms with E-state index in [2.05, 4.69) is 0 Å². The second kappa shape index (κ2) is 7.74. The molecule has 2 rings (SSSR count). The van der Waals surface area contributed by atoms with E-state index in [0.29, 0.717) is 6.42 Å². The predicted molar refractivity (Wildman–Crippen MR) is 101 cm³/mol. The molecule has 1 heterocycles. The molecule has 1 fully saturated rings. The Morgan fingerprint density at radius 3 is 2.26 bits per heavy atom. The highest BCUT2D eigenvalue weighted by Crippen LogP contribution is 2.28. The number of benzene rings is 1. The monoisotopic (exact) mass is 419 g/mol. The van der Waals surface area contributed by atoms with Crippen molar-refractivity contribution in [2.45, 2.75) is 17.4 Å². The van der Waals surface area contributed by atoms with Gasteiger partial charge < -0.3 is 4.74 Å². The second-order valence-corrected chi connectivity index (χ2v) is 11.1. The Morgan fingerprint density at radius 1 is 1.19 bits per heavy atom. The number of nitrogens with zero attached hydrogens (tertiary/aromatic N) is 3. The lowest BCUT2D eigenvalue weighted by atomic mass is 10.1. The van der Waals surface area contributed by atoms with Gasteiger partial charge in [-0.3, -0.25) is 9.80 Å². The molecule has 152 valence electrons. The minimum absolute atomic E-state index is 0.0260. The number of hydrogen-bond acceptors (Lipinski definition) is 7. The number of ether oxygens (including phenoxy) is 1. The molecule has 1 aliphatic heterocycles. The van der Waals surface area contributed by atoms with Crippen LogP contribution in [0.2, 0.25) is 0 Å². The van der Waals surface area contributed by atoms with Crippen LogP contribution in [0.5, 0.6) is 5.75 Å². The van der Waals surface area contributed by atoms with Gasteiger partial charge in [-0.05, 0) is 24.6 Å². The smallest absolute Gasteiger partial charge is 0.268 e. The van der Waals surface area contributed by atoms with E-state index in [9.17, 15) is 21.6 Å². The number of methoxy groups -OCH3 is 1. The van der Waals surface area contributed by atoms with Crippen LogP contribution in [-0.2, 0) is 19.9 Å². The van der Waals surface area contributed by atoms with Crippen molar-refractivity contribution in [1.29, 1.82) is 0 Å². The molecule has 1 amide bonds. The number of sulfone groups is 1. The maximum absolute atomic E-state index is 13.1. The van der Waals surface area contributed by atoms with Crippen LogP contribution in [0.1, 0.15) is 16.8 Å². The van der Waals surface area contributed by atoms with E-state index in [1.807, 2.05) is 0 Å². The Labute approximate surface area is 160 Å². The molecule has 0 radical (unpaired) electrons. The summed E-state index contributed by atoms with van der Waals surface area (Å²) in [6, 6.07) is 3.66. The van der Waals surface area contributed by atoms with Crippen molar-refractivity contribution < 1.29 is 26.4 Å². The van der Waals surface area contributed by atoms with Crippen molar-refractivity contribution in [1.82, 2.24) is 14.3 Å². The number of sulfonamides is 1. The largest absolute Gasteiger partial charge is 0.495 e. The third kappa shape index (κ3) is 4.42. The van der Waals surface area contributed by atoms with Crippen molar-refractivity contribution in [3.05, 3.63) is 23.8 Å². The zero-order valence-electron chi connectivity index (χ0n) is 16.0. The summed E-state index contributed by atoms with van der Waals surface area (Å²) in [7, 11) is 0.392. The van der Waals surface area contributed by atoms with Gasteiger partial charge in [-0.1, -0.05) is 0 Å². The fraction of sp³-hybridized carbons (Fsp3) is 0.562. The summed E-state index contributed by atoms with van der Waals surface area (Å²) >= 11 is 0. The van der Waals surface area contributed by atoms with Crippen molar-refractivity contribution in [2.75, 3.05) is 46.8 Å². The normalized spacial score (nSPS) is 19.4. The molecule has 1 unspecified atom stereocenters. The summed E-state index contributed by atoms with van der Waals surface area (Å²) in [4.78, 5) is 12.9. The highest BCUT2D eigenvalue weighted by molar-refractivity contribution is 7.91. The van der Waals surface area contributed by atoms with Gasteiger partial charge in [-0.15, -0.1) is 0 Å². The van der Waals surface area contributed by atoms with Gasteiger partial charge in [0.15, 0.2) is 9.84 Å². The van der Waals surface area contributed by atoms with Gasteiger partial charge in [0.2, 0.25) is 10.0 Å². The number of hydrazine groups is 1. The SMILES string of the molecule is COc1ccc(C(=O)N(C2CCS(=O)(=O)C2)N(C)C)cc1S(=O)(=O)N(C)C. The molecule has 1 aromatic carbocycles. The van der Waals surface area contributed by atoms with Crippen molar-refractivity contribution >= 4 is 25.8 Å². The van der Waals surface area contributed by atoms with Crippen LogP contribution in [-0.4, -0.2) is 89.9 Å². The Morgan fingerprint density at radius 2 is 1.81 bits per heavy atom. The molecule has 27 heavy (non-hydrogen) atoms. The van der Waals surface area contributed by atoms with Crippen molar-refractivity contribution in [3.63, 3.8) is 0 Å². The number of carbonyl (C=O) groups excluding carboxylic acids is 1. The lowest BCUT2D eigenvalue weighted by Gasteiger charge is -2.34. The van der Waals surface area contributed by atoms with E-state index in [1.54, 1.807) is 14.1 Å². The molecular weight excluding hydrogens is 394 g/mol. The van der Waals surface area contributed by atoms with E-state index >= 15 is 0 Å². The molecule has 0 spiro atoms. The molecule has 0 bridgehead atoms. The van der Waals surface area contributed by atoms with Gasteiger partial charge in [0.1, 0.15) is 10.6 Å². The standard InChI is InChI=1S/C16H25N3O6S2/c1-17(2)19(13-8-9-26(21,22)11-13)16(20)12-6-7-14(25-5)15(10-12)27(23,24)18(3)4/h6-7,10,13H,8-9,11H2,1-5H3. The first-order valence-corrected chi connectivity index (χ1v) is 11.5. The lowest BCUT2D eigenvalue weighted by Crippen LogP contribution is -2.49. The fourth-order valence-electron chi connectivity index (χ4n) is 2.98. The first-order valence-electron chi connectivity index (χ1n) is 8.22. The third-order valence-electron chi connectivity index (χ3n) is 4.36. The minimum Gasteiger partial charge on any atom is -0.495 e. The Kier molecular flexibility index (Phi) is 6.19. The number of hydrogen-bond donors (Lipinski definition) is 0. The van der Waals surface area contributed by atoms with Crippen LogP contribution in [0.15, 0.2) is 23.1 Å². The number of amides is 1. The molecule has 0 N–H and O–H groups in total. The average molecular weight is 420 g/mol. The summed E-state index contributed by atoms with van der Waals surface area (Å²) in [6.45, 7) is 0. The van der Waals surface area contributed by atoms with Gasteiger partial charge in [-0.25, -0.2) is 26.1 Å².